The number of ether oxygens (including phenoxy) is 1. The lowest BCUT2D eigenvalue weighted by molar-refractivity contribution is -0.125. The Morgan fingerprint density at radius 2 is 2.00 bits per heavy atom. The van der Waals surface area contributed by atoms with E-state index in [0.717, 1.165) is 37.5 Å². The lowest BCUT2D eigenvalue weighted by atomic mass is 9.54. The molecule has 1 aromatic carbocycles. The van der Waals surface area contributed by atoms with Crippen LogP contribution in [0.4, 0.5) is 4.39 Å². The Hall–Kier alpha value is -0.890. The van der Waals surface area contributed by atoms with Crippen molar-refractivity contribution in [3.8, 4) is 0 Å². The minimum Gasteiger partial charge on any atom is -0.377 e. The van der Waals surface area contributed by atoms with E-state index in [-0.39, 0.29) is 29.8 Å². The molecule has 3 atom stereocenters. The number of fused-ring (bicyclic) bond motifs is 2. The van der Waals surface area contributed by atoms with E-state index in [9.17, 15) is 4.39 Å². The highest BCUT2D eigenvalue weighted by Gasteiger charge is 2.65. The van der Waals surface area contributed by atoms with Crippen molar-refractivity contribution in [3.63, 3.8) is 0 Å². The summed E-state index contributed by atoms with van der Waals surface area (Å²) in [6.07, 6.45) is 7.67. The molecule has 4 rings (SSSR count). The van der Waals surface area contributed by atoms with Gasteiger partial charge in [0, 0.05) is 37.6 Å². The van der Waals surface area contributed by atoms with Gasteiger partial charge in [0.2, 0.25) is 0 Å². The van der Waals surface area contributed by atoms with E-state index in [1.807, 2.05) is 19.2 Å². The summed E-state index contributed by atoms with van der Waals surface area (Å²) >= 11 is 0. The largest absolute Gasteiger partial charge is 0.377 e. The van der Waals surface area contributed by atoms with Gasteiger partial charge in [0.25, 0.3) is 0 Å². The van der Waals surface area contributed by atoms with Gasteiger partial charge in [-0.3, -0.25) is 4.99 Å². The van der Waals surface area contributed by atoms with Gasteiger partial charge < -0.3 is 15.4 Å². The molecule has 1 aliphatic heterocycles. The molecule has 3 aliphatic rings. The van der Waals surface area contributed by atoms with Crippen LogP contribution in [0.2, 0.25) is 0 Å². The molecule has 0 bridgehead atoms. The monoisotopic (exact) mass is 473 g/mol. The molecule has 26 heavy (non-hydrogen) atoms. The van der Waals surface area contributed by atoms with Crippen molar-refractivity contribution >= 4 is 29.9 Å². The molecule has 1 aromatic rings. The van der Waals surface area contributed by atoms with Crippen molar-refractivity contribution in [1.29, 1.82) is 0 Å². The van der Waals surface area contributed by atoms with Gasteiger partial charge >= 0.3 is 0 Å². The van der Waals surface area contributed by atoms with Crippen LogP contribution in [0.1, 0.15) is 37.7 Å². The minimum absolute atomic E-state index is 0. The molecule has 6 heteroatoms. The van der Waals surface area contributed by atoms with Crippen LogP contribution in [0.3, 0.4) is 0 Å². The molecule has 3 fully saturated rings. The Morgan fingerprint density at radius 3 is 2.69 bits per heavy atom. The number of halogens is 2. The zero-order valence-corrected chi connectivity index (χ0v) is 17.7. The third-order valence-corrected chi connectivity index (χ3v) is 6.42. The number of guanidine groups is 1. The van der Waals surface area contributed by atoms with E-state index in [2.05, 4.69) is 15.6 Å². The summed E-state index contributed by atoms with van der Waals surface area (Å²) in [5.74, 6) is 1.33. The second kappa shape index (κ2) is 8.42. The molecule has 1 saturated heterocycles. The van der Waals surface area contributed by atoms with Crippen LogP contribution in [0.25, 0.3) is 0 Å². The third kappa shape index (κ3) is 3.59. The van der Waals surface area contributed by atoms with Crippen LogP contribution >= 0.6 is 24.0 Å². The quantitative estimate of drug-likeness (QED) is 0.400. The maximum Gasteiger partial charge on any atom is 0.191 e. The number of benzene rings is 1. The lowest BCUT2D eigenvalue weighted by Crippen LogP contribution is -2.69. The Morgan fingerprint density at radius 1 is 1.27 bits per heavy atom. The minimum atomic E-state index is -0.186. The highest BCUT2D eigenvalue weighted by atomic mass is 127. The topological polar surface area (TPSA) is 45.7 Å². The molecule has 0 aromatic heterocycles. The zero-order chi connectivity index (χ0) is 17.3. The fraction of sp³-hybridized carbons (Fsp3) is 0.650. The van der Waals surface area contributed by atoms with E-state index in [4.69, 9.17) is 4.74 Å². The first-order valence-electron chi connectivity index (χ1n) is 9.56. The van der Waals surface area contributed by atoms with Gasteiger partial charge in [0.05, 0.1) is 6.10 Å². The number of aliphatic imine (C=N–C) groups is 1. The molecule has 0 amide bonds. The van der Waals surface area contributed by atoms with Gasteiger partial charge in [-0.15, -0.1) is 24.0 Å². The van der Waals surface area contributed by atoms with Crippen LogP contribution in [-0.4, -0.2) is 38.3 Å². The molecule has 2 N–H and O–H groups in total. The number of hydrogen-bond acceptors (Lipinski definition) is 2. The van der Waals surface area contributed by atoms with Crippen molar-refractivity contribution in [2.24, 2.45) is 16.3 Å². The fourth-order valence-electron chi connectivity index (χ4n) is 5.22. The van der Waals surface area contributed by atoms with Crippen molar-refractivity contribution < 1.29 is 9.13 Å². The summed E-state index contributed by atoms with van der Waals surface area (Å²) in [5.41, 5.74) is 1.46. The van der Waals surface area contributed by atoms with Gasteiger partial charge in [-0.25, -0.2) is 4.39 Å². The second-order valence-corrected chi connectivity index (χ2v) is 7.68. The number of nitrogens with zero attached hydrogens (tertiary/aromatic N) is 1. The summed E-state index contributed by atoms with van der Waals surface area (Å²) < 4.78 is 19.0. The van der Waals surface area contributed by atoms with Crippen LogP contribution < -0.4 is 10.6 Å². The molecule has 3 unspecified atom stereocenters. The standard InChI is InChI=1S/C20H28FN3O.HI/c1-22-19(23-12-8-14-4-6-15(21)7-5-14)24-17-16-9-13-25-18(16)20(17)10-2-3-11-20;/h4-7,16-18H,2-3,8-13H2,1H3,(H2,22,23,24);1H. The molecule has 144 valence electrons. The second-order valence-electron chi connectivity index (χ2n) is 7.68. The molecular formula is C20H29FIN3O. The Kier molecular flexibility index (Phi) is 6.43. The molecule has 2 aliphatic carbocycles. The molecule has 2 saturated carbocycles. The van der Waals surface area contributed by atoms with Crippen LogP contribution in [0.15, 0.2) is 29.3 Å². The molecular weight excluding hydrogens is 444 g/mol. The van der Waals surface area contributed by atoms with Gasteiger partial charge in [-0.2, -0.15) is 0 Å². The highest BCUT2D eigenvalue weighted by molar-refractivity contribution is 14.0. The summed E-state index contributed by atoms with van der Waals surface area (Å²) in [5, 5.41) is 7.12. The van der Waals surface area contributed by atoms with Gasteiger partial charge in [0.15, 0.2) is 5.96 Å². The molecule has 0 radical (unpaired) electrons. The first-order valence-corrected chi connectivity index (χ1v) is 9.56. The number of rotatable bonds is 4. The average molecular weight is 473 g/mol. The normalized spacial score (nSPS) is 29.0. The third-order valence-electron chi connectivity index (χ3n) is 6.42. The summed E-state index contributed by atoms with van der Waals surface area (Å²) in [7, 11) is 1.83. The Bertz CT molecular complexity index is 630. The number of hydrogen-bond donors (Lipinski definition) is 2. The van der Waals surface area contributed by atoms with E-state index in [1.165, 1.54) is 37.8 Å². The maximum atomic E-state index is 13.0. The van der Waals surface area contributed by atoms with Crippen molar-refractivity contribution in [3.05, 3.63) is 35.6 Å². The fourth-order valence-corrected chi connectivity index (χ4v) is 5.22. The first-order chi connectivity index (χ1) is 12.2. The first kappa shape index (κ1) is 19.9. The summed E-state index contributed by atoms with van der Waals surface area (Å²) in [6, 6.07) is 7.20. The highest BCUT2D eigenvalue weighted by Crippen LogP contribution is 2.60. The smallest absolute Gasteiger partial charge is 0.191 e. The zero-order valence-electron chi connectivity index (χ0n) is 15.3. The van der Waals surface area contributed by atoms with E-state index in [1.54, 1.807) is 0 Å². The van der Waals surface area contributed by atoms with Gasteiger partial charge in [0.1, 0.15) is 5.82 Å². The summed E-state index contributed by atoms with van der Waals surface area (Å²) in [6.45, 7) is 1.70. The van der Waals surface area contributed by atoms with Crippen molar-refractivity contribution in [2.45, 2.75) is 50.7 Å². The SMILES string of the molecule is CN=C(NCCc1ccc(F)cc1)NC1C2CCOC2C12CCCC2.I. The molecule has 1 heterocycles. The number of nitrogens with one attached hydrogen (secondary N) is 2. The lowest BCUT2D eigenvalue weighted by Gasteiger charge is -2.57. The van der Waals surface area contributed by atoms with Crippen molar-refractivity contribution in [2.75, 3.05) is 20.2 Å². The van der Waals surface area contributed by atoms with Crippen LogP contribution in [-0.2, 0) is 11.2 Å². The average Bonchev–Trinajstić information content (AvgIpc) is 3.28. The van der Waals surface area contributed by atoms with E-state index < -0.39 is 0 Å². The molecule has 4 nitrogen and oxygen atoms in total. The van der Waals surface area contributed by atoms with E-state index >= 15 is 0 Å². The van der Waals surface area contributed by atoms with Crippen LogP contribution in [0.5, 0.6) is 0 Å². The van der Waals surface area contributed by atoms with E-state index in [0.29, 0.717) is 23.5 Å². The Balaban J connectivity index is 0.00000196. The Labute approximate surface area is 172 Å². The van der Waals surface area contributed by atoms with Gasteiger partial charge in [-0.1, -0.05) is 25.0 Å². The maximum absolute atomic E-state index is 13.0. The van der Waals surface area contributed by atoms with Gasteiger partial charge in [-0.05, 0) is 43.4 Å². The van der Waals surface area contributed by atoms with Crippen molar-refractivity contribution in [1.82, 2.24) is 10.6 Å². The summed E-state index contributed by atoms with van der Waals surface area (Å²) in [4.78, 5) is 4.42. The predicted octanol–water partition coefficient (Wildman–Crippen LogP) is 3.50. The van der Waals surface area contributed by atoms with Crippen LogP contribution in [0, 0.1) is 17.2 Å². The molecule has 1 spiro atoms. The predicted molar refractivity (Wildman–Crippen MR) is 113 cm³/mol.